The van der Waals surface area contributed by atoms with Crippen LogP contribution < -0.4 is 5.32 Å². The first-order valence-electron chi connectivity index (χ1n) is 11.6. The Morgan fingerprint density at radius 3 is 2.70 bits per heavy atom. The number of nitrogens with one attached hydrogen (secondary N) is 1. The van der Waals surface area contributed by atoms with Crippen molar-refractivity contribution in [2.24, 2.45) is 11.8 Å². The fourth-order valence-corrected chi connectivity index (χ4v) is 6.12. The number of carbonyl (C=O) groups is 3. The Hall–Kier alpha value is -1.67. The summed E-state index contributed by atoms with van der Waals surface area (Å²) in [5.74, 6) is -2.04. The van der Waals surface area contributed by atoms with E-state index >= 15 is 0 Å². The van der Waals surface area contributed by atoms with Gasteiger partial charge in [-0.2, -0.15) is 0 Å². The molecule has 4 rings (SSSR count). The molecule has 1 spiro atoms. The molecule has 1 saturated carbocycles. The van der Waals surface area contributed by atoms with Crippen LogP contribution in [-0.2, 0) is 23.9 Å². The van der Waals surface area contributed by atoms with Gasteiger partial charge in [-0.05, 0) is 45.4 Å². The van der Waals surface area contributed by atoms with E-state index in [1.807, 2.05) is 0 Å². The minimum absolute atomic E-state index is 0.0412. The van der Waals surface area contributed by atoms with Crippen LogP contribution in [-0.4, -0.2) is 71.3 Å². The number of aliphatic hydroxyl groups is 1. The SMILES string of the molecule is CCOC(=O)[C@@H]1[C@@H]2CCC3(O2)C(C(=O)NC2CCCCC2)N(CCCCO)C(=O)[C@H]13. The molecule has 5 atom stereocenters. The minimum Gasteiger partial charge on any atom is -0.466 e. The van der Waals surface area contributed by atoms with Gasteiger partial charge in [-0.1, -0.05) is 19.3 Å². The zero-order valence-electron chi connectivity index (χ0n) is 17.8. The predicted octanol–water partition coefficient (Wildman–Crippen LogP) is 1.15. The van der Waals surface area contributed by atoms with Gasteiger partial charge in [0.05, 0.1) is 24.5 Å². The van der Waals surface area contributed by atoms with Crippen molar-refractivity contribution in [3.63, 3.8) is 0 Å². The monoisotopic (exact) mass is 422 g/mol. The van der Waals surface area contributed by atoms with Gasteiger partial charge in [0.25, 0.3) is 0 Å². The van der Waals surface area contributed by atoms with Crippen molar-refractivity contribution in [1.82, 2.24) is 10.2 Å². The molecule has 3 heterocycles. The summed E-state index contributed by atoms with van der Waals surface area (Å²) < 4.78 is 11.6. The normalized spacial score (nSPS) is 35.5. The number of ether oxygens (including phenoxy) is 2. The smallest absolute Gasteiger partial charge is 0.312 e. The molecule has 30 heavy (non-hydrogen) atoms. The number of aliphatic hydroxyl groups excluding tert-OH is 1. The van der Waals surface area contributed by atoms with Crippen LogP contribution in [0.1, 0.15) is 64.7 Å². The van der Waals surface area contributed by atoms with E-state index in [1.165, 1.54) is 6.42 Å². The molecule has 0 aromatic heterocycles. The van der Waals surface area contributed by atoms with Crippen molar-refractivity contribution >= 4 is 17.8 Å². The summed E-state index contributed by atoms with van der Waals surface area (Å²) in [6.07, 6.45) is 7.38. The third-order valence-electron chi connectivity index (χ3n) is 7.37. The Bertz CT molecular complexity index is 679. The van der Waals surface area contributed by atoms with Gasteiger partial charge in [0, 0.05) is 19.2 Å². The molecule has 1 aliphatic carbocycles. The summed E-state index contributed by atoms with van der Waals surface area (Å²) in [5, 5.41) is 12.4. The number of amides is 2. The zero-order chi connectivity index (χ0) is 21.3. The van der Waals surface area contributed by atoms with Crippen molar-refractivity contribution in [2.45, 2.75) is 88.5 Å². The van der Waals surface area contributed by atoms with Crippen LogP contribution in [0.25, 0.3) is 0 Å². The highest BCUT2D eigenvalue weighted by atomic mass is 16.6. The predicted molar refractivity (Wildman–Crippen MR) is 107 cm³/mol. The number of carbonyl (C=O) groups excluding carboxylic acids is 3. The van der Waals surface area contributed by atoms with Gasteiger partial charge < -0.3 is 24.8 Å². The topological polar surface area (TPSA) is 105 Å². The molecular weight excluding hydrogens is 388 g/mol. The molecule has 0 radical (unpaired) electrons. The van der Waals surface area contributed by atoms with Crippen LogP contribution in [0, 0.1) is 11.8 Å². The second-order valence-electron chi connectivity index (χ2n) is 9.11. The van der Waals surface area contributed by atoms with Crippen molar-refractivity contribution < 1.29 is 29.0 Å². The number of nitrogens with zero attached hydrogens (tertiary/aromatic N) is 1. The zero-order valence-corrected chi connectivity index (χ0v) is 17.8. The van der Waals surface area contributed by atoms with Gasteiger partial charge in [0.2, 0.25) is 11.8 Å². The van der Waals surface area contributed by atoms with E-state index in [0.29, 0.717) is 32.2 Å². The Labute approximate surface area is 177 Å². The largest absolute Gasteiger partial charge is 0.466 e. The molecule has 8 nitrogen and oxygen atoms in total. The van der Waals surface area contributed by atoms with Gasteiger partial charge in [-0.25, -0.2) is 0 Å². The minimum atomic E-state index is -0.947. The van der Waals surface area contributed by atoms with E-state index < -0.39 is 29.4 Å². The number of fused-ring (bicyclic) bond motifs is 1. The van der Waals surface area contributed by atoms with Crippen molar-refractivity contribution in [1.29, 1.82) is 0 Å². The Morgan fingerprint density at radius 2 is 2.00 bits per heavy atom. The number of rotatable bonds is 8. The standard InChI is InChI=1S/C22H34N2O6/c1-2-29-21(28)16-15-10-11-22(30-15)17(16)20(27)24(12-6-7-13-25)18(22)19(26)23-14-8-4-3-5-9-14/h14-18,25H,2-13H2,1H3,(H,23,26)/t15-,16+,17-,18?,22?/m0/s1. The number of hydrogen-bond acceptors (Lipinski definition) is 6. The maximum atomic E-state index is 13.5. The highest BCUT2D eigenvalue weighted by molar-refractivity contribution is 5.98. The molecule has 3 aliphatic heterocycles. The number of unbranched alkanes of at least 4 members (excludes halogenated alkanes) is 1. The van der Waals surface area contributed by atoms with Crippen LogP contribution in [0.4, 0.5) is 0 Å². The first-order chi connectivity index (χ1) is 14.5. The molecule has 168 valence electrons. The molecule has 0 aromatic carbocycles. The van der Waals surface area contributed by atoms with Crippen LogP contribution >= 0.6 is 0 Å². The van der Waals surface area contributed by atoms with E-state index in [0.717, 1.165) is 25.7 Å². The van der Waals surface area contributed by atoms with Crippen LogP contribution in [0.5, 0.6) is 0 Å². The van der Waals surface area contributed by atoms with Crippen LogP contribution in [0.3, 0.4) is 0 Å². The summed E-state index contributed by atoms with van der Waals surface area (Å²) in [5.41, 5.74) is -0.947. The van der Waals surface area contributed by atoms with Crippen molar-refractivity contribution in [3.05, 3.63) is 0 Å². The van der Waals surface area contributed by atoms with Crippen molar-refractivity contribution in [2.75, 3.05) is 19.8 Å². The average molecular weight is 423 g/mol. The second-order valence-corrected chi connectivity index (χ2v) is 9.11. The summed E-state index contributed by atoms with van der Waals surface area (Å²) in [4.78, 5) is 41.3. The lowest BCUT2D eigenvalue weighted by atomic mass is 9.70. The Morgan fingerprint density at radius 1 is 1.23 bits per heavy atom. The summed E-state index contributed by atoms with van der Waals surface area (Å²) in [6, 6.07) is -0.587. The fraction of sp³-hybridized carbons (Fsp3) is 0.864. The van der Waals surface area contributed by atoms with E-state index in [-0.39, 0.29) is 37.2 Å². The maximum absolute atomic E-state index is 13.5. The number of esters is 1. The fourth-order valence-electron chi connectivity index (χ4n) is 6.12. The van der Waals surface area contributed by atoms with Crippen molar-refractivity contribution in [3.8, 4) is 0 Å². The molecule has 2 bridgehead atoms. The second kappa shape index (κ2) is 8.83. The van der Waals surface area contributed by atoms with Gasteiger partial charge in [0.15, 0.2) is 0 Å². The Balaban J connectivity index is 1.60. The van der Waals surface area contributed by atoms with Crippen LogP contribution in [0.15, 0.2) is 0 Å². The quantitative estimate of drug-likeness (QED) is 0.449. The Kier molecular flexibility index (Phi) is 6.34. The van der Waals surface area contributed by atoms with E-state index in [1.54, 1.807) is 11.8 Å². The molecule has 0 aromatic rings. The maximum Gasteiger partial charge on any atom is 0.312 e. The van der Waals surface area contributed by atoms with Gasteiger partial charge in [-0.15, -0.1) is 0 Å². The van der Waals surface area contributed by atoms with E-state index in [4.69, 9.17) is 14.6 Å². The lowest BCUT2D eigenvalue weighted by molar-refractivity contribution is -0.154. The first kappa shape index (κ1) is 21.6. The molecular formula is C22H34N2O6. The molecule has 8 heteroatoms. The summed E-state index contributed by atoms with van der Waals surface area (Å²) in [7, 11) is 0. The molecule has 4 fully saturated rings. The van der Waals surface area contributed by atoms with Gasteiger partial charge >= 0.3 is 5.97 Å². The van der Waals surface area contributed by atoms with E-state index in [9.17, 15) is 14.4 Å². The van der Waals surface area contributed by atoms with Crippen LogP contribution in [0.2, 0.25) is 0 Å². The number of hydrogen-bond donors (Lipinski definition) is 2. The highest BCUT2D eigenvalue weighted by Crippen LogP contribution is 2.58. The average Bonchev–Trinajstić information content (AvgIpc) is 3.37. The molecule has 2 N–H and O–H groups in total. The summed E-state index contributed by atoms with van der Waals surface area (Å²) in [6.45, 7) is 2.42. The third kappa shape index (κ3) is 3.51. The molecule has 3 saturated heterocycles. The molecule has 4 aliphatic rings. The van der Waals surface area contributed by atoms with Gasteiger partial charge in [-0.3, -0.25) is 14.4 Å². The first-order valence-corrected chi connectivity index (χ1v) is 11.6. The lowest BCUT2D eigenvalue weighted by Gasteiger charge is -2.35. The molecule has 2 amide bonds. The highest BCUT2D eigenvalue weighted by Gasteiger charge is 2.74. The molecule has 2 unspecified atom stereocenters. The lowest BCUT2D eigenvalue weighted by Crippen LogP contribution is -2.57. The third-order valence-corrected chi connectivity index (χ3v) is 7.37. The van der Waals surface area contributed by atoms with E-state index in [2.05, 4.69) is 5.32 Å². The van der Waals surface area contributed by atoms with Gasteiger partial charge in [0.1, 0.15) is 11.6 Å². The summed E-state index contributed by atoms with van der Waals surface area (Å²) >= 11 is 0. The number of likely N-dealkylation sites (tertiary alicyclic amines) is 1.